The molecule has 2 aromatic rings. The highest BCUT2D eigenvalue weighted by molar-refractivity contribution is 5.91. The predicted molar refractivity (Wildman–Crippen MR) is 81.0 cm³/mol. The van der Waals surface area contributed by atoms with Crippen molar-refractivity contribution in [3.05, 3.63) is 40.1 Å². The third-order valence-corrected chi connectivity index (χ3v) is 3.92. The van der Waals surface area contributed by atoms with Gasteiger partial charge in [-0.3, -0.25) is 19.7 Å². The van der Waals surface area contributed by atoms with Crippen LogP contribution in [-0.4, -0.2) is 44.4 Å². The third kappa shape index (κ3) is 3.15. The van der Waals surface area contributed by atoms with Crippen molar-refractivity contribution in [3.8, 4) is 0 Å². The van der Waals surface area contributed by atoms with Gasteiger partial charge in [-0.05, 0) is 24.5 Å². The van der Waals surface area contributed by atoms with Gasteiger partial charge >= 0.3 is 5.97 Å². The Morgan fingerprint density at radius 3 is 2.74 bits per heavy atom. The zero-order chi connectivity index (χ0) is 16.6. The highest BCUT2D eigenvalue weighted by Gasteiger charge is 2.33. The monoisotopic (exact) mass is 317 g/mol. The van der Waals surface area contributed by atoms with E-state index in [1.54, 1.807) is 12.3 Å². The average Bonchev–Trinajstić information content (AvgIpc) is 3.26. The summed E-state index contributed by atoms with van der Waals surface area (Å²) in [5.41, 5.74) is 1.29. The fourth-order valence-electron chi connectivity index (χ4n) is 2.64. The molecular weight excluding hydrogens is 302 g/mol. The predicted octanol–water partition coefficient (Wildman–Crippen LogP) is 1.69. The van der Waals surface area contributed by atoms with Crippen LogP contribution in [0.4, 0.5) is 5.69 Å². The lowest BCUT2D eigenvalue weighted by molar-refractivity contribution is -0.384. The van der Waals surface area contributed by atoms with Crippen LogP contribution in [0.1, 0.15) is 18.4 Å². The molecule has 1 amide bonds. The number of carboxylic acids is 1. The molecule has 2 N–H and O–H groups in total. The van der Waals surface area contributed by atoms with Crippen LogP contribution in [0.25, 0.3) is 10.9 Å². The summed E-state index contributed by atoms with van der Waals surface area (Å²) in [5.74, 6) is -1.32. The molecule has 0 spiro atoms. The fourth-order valence-corrected chi connectivity index (χ4v) is 2.64. The molecule has 0 saturated heterocycles. The molecule has 0 radical (unpaired) electrons. The number of nitro benzene ring substituents is 1. The van der Waals surface area contributed by atoms with Crippen molar-refractivity contribution in [1.29, 1.82) is 0 Å². The Morgan fingerprint density at radius 1 is 1.39 bits per heavy atom. The first-order valence-corrected chi connectivity index (χ1v) is 7.21. The lowest BCUT2D eigenvalue weighted by Gasteiger charge is -2.20. The Morgan fingerprint density at radius 2 is 2.13 bits per heavy atom. The van der Waals surface area contributed by atoms with Gasteiger partial charge in [0.05, 0.1) is 11.3 Å². The molecule has 120 valence electrons. The highest BCUT2D eigenvalue weighted by Crippen LogP contribution is 2.29. The van der Waals surface area contributed by atoms with Crippen molar-refractivity contribution in [3.63, 3.8) is 0 Å². The van der Waals surface area contributed by atoms with Crippen LogP contribution in [0.3, 0.4) is 0 Å². The van der Waals surface area contributed by atoms with Crippen LogP contribution in [0.15, 0.2) is 24.4 Å². The van der Waals surface area contributed by atoms with Gasteiger partial charge in [-0.15, -0.1) is 0 Å². The summed E-state index contributed by atoms with van der Waals surface area (Å²) < 4.78 is 0. The molecule has 1 aliphatic carbocycles. The number of aliphatic carboxylic acids is 1. The minimum absolute atomic E-state index is 0.00172. The zero-order valence-corrected chi connectivity index (χ0v) is 12.2. The molecule has 1 aromatic carbocycles. The standard InChI is InChI=1S/C15H15N3O5/c19-14(17(8-15(20)21)10-1-2-10)5-9-7-16-13-4-3-11(18(22)23)6-12(9)13/h3-4,6-7,10,16H,1-2,5,8H2,(H,20,21). The van der Waals surface area contributed by atoms with E-state index in [0.717, 1.165) is 12.8 Å². The maximum Gasteiger partial charge on any atom is 0.323 e. The van der Waals surface area contributed by atoms with Crippen LogP contribution in [0, 0.1) is 10.1 Å². The summed E-state index contributed by atoms with van der Waals surface area (Å²) in [4.78, 5) is 38.1. The van der Waals surface area contributed by atoms with E-state index in [1.807, 2.05) is 0 Å². The molecule has 1 heterocycles. The molecule has 8 heteroatoms. The van der Waals surface area contributed by atoms with Crippen molar-refractivity contribution in [2.24, 2.45) is 0 Å². The summed E-state index contributed by atoms with van der Waals surface area (Å²) in [7, 11) is 0. The highest BCUT2D eigenvalue weighted by atomic mass is 16.6. The van der Waals surface area contributed by atoms with Crippen molar-refractivity contribution in [1.82, 2.24) is 9.88 Å². The largest absolute Gasteiger partial charge is 0.480 e. The van der Waals surface area contributed by atoms with Gasteiger partial charge in [0.1, 0.15) is 6.54 Å². The first-order chi connectivity index (χ1) is 11.0. The summed E-state index contributed by atoms with van der Waals surface area (Å²) in [6, 6.07) is 4.41. The second kappa shape index (κ2) is 5.71. The van der Waals surface area contributed by atoms with E-state index < -0.39 is 10.9 Å². The molecule has 1 fully saturated rings. The molecule has 8 nitrogen and oxygen atoms in total. The minimum Gasteiger partial charge on any atom is -0.480 e. The molecule has 1 aliphatic rings. The SMILES string of the molecule is O=C(O)CN(C(=O)Cc1c[nH]c2ccc([N+](=O)[O-])cc12)C1CC1. The summed E-state index contributed by atoms with van der Waals surface area (Å²) in [6.07, 6.45) is 3.29. The summed E-state index contributed by atoms with van der Waals surface area (Å²) in [6.45, 7) is -0.313. The van der Waals surface area contributed by atoms with Crippen molar-refractivity contribution in [2.45, 2.75) is 25.3 Å². The molecular formula is C15H15N3O5. The number of aromatic nitrogens is 1. The number of carbonyl (C=O) groups excluding carboxylic acids is 1. The fraction of sp³-hybridized carbons (Fsp3) is 0.333. The first-order valence-electron chi connectivity index (χ1n) is 7.21. The number of amides is 1. The summed E-state index contributed by atoms with van der Waals surface area (Å²) >= 11 is 0. The van der Waals surface area contributed by atoms with Gasteiger partial charge < -0.3 is 15.0 Å². The normalized spacial score (nSPS) is 13.9. The number of hydrogen-bond acceptors (Lipinski definition) is 4. The summed E-state index contributed by atoms with van der Waals surface area (Å²) in [5, 5.41) is 20.4. The number of H-pyrrole nitrogens is 1. The molecule has 0 atom stereocenters. The van der Waals surface area contributed by atoms with Gasteiger partial charge in [0, 0.05) is 35.3 Å². The number of nitrogens with one attached hydrogen (secondary N) is 1. The van der Waals surface area contributed by atoms with Crippen LogP contribution >= 0.6 is 0 Å². The molecule has 0 bridgehead atoms. The van der Waals surface area contributed by atoms with E-state index in [1.165, 1.54) is 17.0 Å². The van der Waals surface area contributed by atoms with Crippen LogP contribution in [0.5, 0.6) is 0 Å². The second-order valence-electron chi connectivity index (χ2n) is 5.62. The maximum absolute atomic E-state index is 12.4. The van der Waals surface area contributed by atoms with Crippen molar-refractivity contribution in [2.75, 3.05) is 6.54 Å². The Kier molecular flexibility index (Phi) is 3.73. The lowest BCUT2D eigenvalue weighted by Crippen LogP contribution is -2.38. The number of rotatable bonds is 6. The Balaban J connectivity index is 1.85. The van der Waals surface area contributed by atoms with Crippen LogP contribution < -0.4 is 0 Å². The molecule has 23 heavy (non-hydrogen) atoms. The number of hydrogen-bond donors (Lipinski definition) is 2. The Labute approximate surface area is 130 Å². The zero-order valence-electron chi connectivity index (χ0n) is 12.2. The van der Waals surface area contributed by atoms with E-state index in [4.69, 9.17) is 5.11 Å². The second-order valence-corrected chi connectivity index (χ2v) is 5.62. The van der Waals surface area contributed by atoms with E-state index in [0.29, 0.717) is 16.5 Å². The van der Waals surface area contributed by atoms with Crippen molar-refractivity contribution < 1.29 is 19.6 Å². The number of fused-ring (bicyclic) bond motifs is 1. The number of benzene rings is 1. The number of carboxylic acid groups (broad SMARTS) is 1. The number of carbonyl (C=O) groups is 2. The Bertz CT molecular complexity index is 794. The number of aromatic amines is 1. The van der Waals surface area contributed by atoms with E-state index in [9.17, 15) is 19.7 Å². The van der Waals surface area contributed by atoms with Gasteiger partial charge in [-0.2, -0.15) is 0 Å². The number of nitro groups is 1. The van der Waals surface area contributed by atoms with Gasteiger partial charge in [0.25, 0.3) is 5.69 Å². The first kappa shape index (κ1) is 15.0. The van der Waals surface area contributed by atoms with E-state index >= 15 is 0 Å². The number of nitrogens with zero attached hydrogens (tertiary/aromatic N) is 2. The molecule has 1 aromatic heterocycles. The molecule has 1 saturated carbocycles. The average molecular weight is 317 g/mol. The van der Waals surface area contributed by atoms with Gasteiger partial charge in [0.2, 0.25) is 5.91 Å². The molecule has 3 rings (SSSR count). The van der Waals surface area contributed by atoms with E-state index in [-0.39, 0.29) is 30.6 Å². The lowest BCUT2D eigenvalue weighted by atomic mass is 10.1. The van der Waals surface area contributed by atoms with Gasteiger partial charge in [0.15, 0.2) is 0 Å². The number of non-ortho nitro benzene ring substituents is 1. The third-order valence-electron chi connectivity index (χ3n) is 3.92. The van der Waals surface area contributed by atoms with Crippen LogP contribution in [-0.2, 0) is 16.0 Å². The Hall–Kier alpha value is -2.90. The van der Waals surface area contributed by atoms with E-state index in [2.05, 4.69) is 4.98 Å². The molecule has 0 aliphatic heterocycles. The van der Waals surface area contributed by atoms with Gasteiger partial charge in [-0.1, -0.05) is 0 Å². The smallest absolute Gasteiger partial charge is 0.323 e. The van der Waals surface area contributed by atoms with Crippen molar-refractivity contribution >= 4 is 28.5 Å². The van der Waals surface area contributed by atoms with Gasteiger partial charge in [-0.25, -0.2) is 0 Å². The van der Waals surface area contributed by atoms with Crippen LogP contribution in [0.2, 0.25) is 0 Å². The minimum atomic E-state index is -1.04. The maximum atomic E-state index is 12.4. The quantitative estimate of drug-likeness (QED) is 0.621. The topological polar surface area (TPSA) is 117 Å². The molecule has 0 unspecified atom stereocenters.